The van der Waals surface area contributed by atoms with Gasteiger partial charge >= 0.3 is 0 Å². The van der Waals surface area contributed by atoms with Crippen molar-refractivity contribution in [1.29, 1.82) is 0 Å². The highest BCUT2D eigenvalue weighted by atomic mass is 14.2. The minimum atomic E-state index is 0.635. The summed E-state index contributed by atoms with van der Waals surface area (Å²) in [6.07, 6.45) is 3.57. The Morgan fingerprint density at radius 3 is 2.29 bits per heavy atom. The van der Waals surface area contributed by atoms with Crippen molar-refractivity contribution < 1.29 is 0 Å². The number of hydrogen-bond acceptors (Lipinski definition) is 0. The van der Waals surface area contributed by atoms with Crippen LogP contribution in [0.2, 0.25) is 0 Å². The smallest absolute Gasteiger partial charge is 0.0149 e. The molecule has 1 atom stereocenters. The van der Waals surface area contributed by atoms with E-state index in [9.17, 15) is 0 Å². The lowest BCUT2D eigenvalue weighted by Gasteiger charge is -2.18. The van der Waals surface area contributed by atoms with Crippen molar-refractivity contribution in [1.82, 2.24) is 0 Å². The monoisotopic (exact) mass is 274 g/mol. The maximum absolute atomic E-state index is 2.31. The minimum Gasteiger partial charge on any atom is -0.0648 e. The standard InChI is InChI=1S/C21H22/c1-2-18(16-15-17-9-4-3-5-10-17)20-14-8-12-19-11-6-7-13-21(19)20/h3-14,18H,2,15-16H2,1H3. The predicted octanol–water partition coefficient (Wildman–Crippen LogP) is 5.97. The van der Waals surface area contributed by atoms with E-state index in [2.05, 4.69) is 79.7 Å². The summed E-state index contributed by atoms with van der Waals surface area (Å²) in [5.74, 6) is 0.635. The molecule has 0 radical (unpaired) electrons. The topological polar surface area (TPSA) is 0 Å². The van der Waals surface area contributed by atoms with Crippen molar-refractivity contribution in [2.75, 3.05) is 0 Å². The van der Waals surface area contributed by atoms with E-state index in [1.165, 1.54) is 34.7 Å². The molecule has 0 heteroatoms. The van der Waals surface area contributed by atoms with Gasteiger partial charge in [-0.3, -0.25) is 0 Å². The van der Waals surface area contributed by atoms with Gasteiger partial charge in [-0.05, 0) is 47.1 Å². The van der Waals surface area contributed by atoms with Gasteiger partial charge in [-0.2, -0.15) is 0 Å². The van der Waals surface area contributed by atoms with Gasteiger partial charge in [0.25, 0.3) is 0 Å². The summed E-state index contributed by atoms with van der Waals surface area (Å²) in [5, 5.41) is 2.77. The first-order valence-electron chi connectivity index (χ1n) is 7.90. The Balaban J connectivity index is 1.85. The summed E-state index contributed by atoms with van der Waals surface area (Å²) in [6, 6.07) is 26.3. The molecule has 0 aromatic heterocycles. The van der Waals surface area contributed by atoms with Gasteiger partial charge in [0.1, 0.15) is 0 Å². The van der Waals surface area contributed by atoms with Crippen LogP contribution in [-0.2, 0) is 6.42 Å². The normalized spacial score (nSPS) is 12.4. The third-order valence-electron chi connectivity index (χ3n) is 4.38. The number of benzene rings is 3. The molecule has 3 aromatic rings. The molecule has 0 saturated carbocycles. The third kappa shape index (κ3) is 3.16. The van der Waals surface area contributed by atoms with Crippen LogP contribution in [0.4, 0.5) is 0 Å². The molecular formula is C21H22. The van der Waals surface area contributed by atoms with Crippen LogP contribution >= 0.6 is 0 Å². The molecular weight excluding hydrogens is 252 g/mol. The molecule has 0 aliphatic heterocycles. The second-order valence-electron chi connectivity index (χ2n) is 5.70. The van der Waals surface area contributed by atoms with Gasteiger partial charge in [-0.15, -0.1) is 0 Å². The van der Waals surface area contributed by atoms with Crippen LogP contribution in [0.3, 0.4) is 0 Å². The summed E-state index contributed by atoms with van der Waals surface area (Å²) >= 11 is 0. The Morgan fingerprint density at radius 2 is 1.48 bits per heavy atom. The maximum Gasteiger partial charge on any atom is -0.0149 e. The van der Waals surface area contributed by atoms with E-state index in [1.54, 1.807) is 0 Å². The SMILES string of the molecule is CCC(CCc1ccccc1)c1cccc2ccccc12. The van der Waals surface area contributed by atoms with Gasteiger partial charge in [0.2, 0.25) is 0 Å². The minimum absolute atomic E-state index is 0.635. The van der Waals surface area contributed by atoms with Gasteiger partial charge in [-0.1, -0.05) is 79.7 Å². The number of rotatable bonds is 5. The van der Waals surface area contributed by atoms with E-state index in [0.29, 0.717) is 5.92 Å². The molecule has 0 spiro atoms. The molecule has 21 heavy (non-hydrogen) atoms. The molecule has 106 valence electrons. The molecule has 0 saturated heterocycles. The van der Waals surface area contributed by atoms with Crippen molar-refractivity contribution in [3.05, 3.63) is 83.9 Å². The largest absolute Gasteiger partial charge is 0.0648 e. The van der Waals surface area contributed by atoms with Crippen LogP contribution < -0.4 is 0 Å². The lowest BCUT2D eigenvalue weighted by atomic mass is 9.87. The first kappa shape index (κ1) is 13.9. The zero-order valence-corrected chi connectivity index (χ0v) is 12.6. The molecule has 3 aromatic carbocycles. The lowest BCUT2D eigenvalue weighted by Crippen LogP contribution is -2.00. The van der Waals surface area contributed by atoms with Crippen molar-refractivity contribution >= 4 is 10.8 Å². The van der Waals surface area contributed by atoms with Crippen molar-refractivity contribution in [2.24, 2.45) is 0 Å². The number of aryl methyl sites for hydroxylation is 1. The Kier molecular flexibility index (Phi) is 4.35. The molecule has 0 fully saturated rings. The molecule has 3 rings (SSSR count). The molecule has 0 nitrogen and oxygen atoms in total. The van der Waals surface area contributed by atoms with Gasteiger partial charge < -0.3 is 0 Å². The Hall–Kier alpha value is -2.08. The van der Waals surface area contributed by atoms with Crippen molar-refractivity contribution in [3.8, 4) is 0 Å². The second-order valence-corrected chi connectivity index (χ2v) is 5.70. The van der Waals surface area contributed by atoms with E-state index in [4.69, 9.17) is 0 Å². The summed E-state index contributed by atoms with van der Waals surface area (Å²) in [4.78, 5) is 0. The fourth-order valence-electron chi connectivity index (χ4n) is 3.17. The van der Waals surface area contributed by atoms with Crippen LogP contribution in [0.25, 0.3) is 10.8 Å². The Labute approximate surface area is 127 Å². The number of hydrogen-bond donors (Lipinski definition) is 0. The predicted molar refractivity (Wildman–Crippen MR) is 91.7 cm³/mol. The summed E-state index contributed by atoms with van der Waals surface area (Å²) < 4.78 is 0. The van der Waals surface area contributed by atoms with Gasteiger partial charge in [0.05, 0.1) is 0 Å². The fraction of sp³-hybridized carbons (Fsp3) is 0.238. The van der Waals surface area contributed by atoms with Crippen LogP contribution in [0, 0.1) is 0 Å². The Morgan fingerprint density at radius 1 is 0.762 bits per heavy atom. The zero-order chi connectivity index (χ0) is 14.5. The van der Waals surface area contributed by atoms with E-state index in [1.807, 2.05) is 0 Å². The molecule has 0 N–H and O–H groups in total. The van der Waals surface area contributed by atoms with E-state index < -0.39 is 0 Å². The molecule has 0 aliphatic carbocycles. The highest BCUT2D eigenvalue weighted by molar-refractivity contribution is 5.86. The molecule has 0 aliphatic rings. The average Bonchev–Trinajstić information content (AvgIpc) is 2.56. The molecule has 0 bridgehead atoms. The molecule has 0 amide bonds. The van der Waals surface area contributed by atoms with Crippen LogP contribution in [0.5, 0.6) is 0 Å². The van der Waals surface area contributed by atoms with Crippen LogP contribution in [-0.4, -0.2) is 0 Å². The highest BCUT2D eigenvalue weighted by Crippen LogP contribution is 2.31. The molecule has 0 heterocycles. The van der Waals surface area contributed by atoms with Crippen LogP contribution in [0.1, 0.15) is 36.8 Å². The van der Waals surface area contributed by atoms with Gasteiger partial charge in [0.15, 0.2) is 0 Å². The zero-order valence-electron chi connectivity index (χ0n) is 12.6. The number of fused-ring (bicyclic) bond motifs is 1. The van der Waals surface area contributed by atoms with Gasteiger partial charge in [0, 0.05) is 0 Å². The van der Waals surface area contributed by atoms with Gasteiger partial charge in [-0.25, -0.2) is 0 Å². The fourth-order valence-corrected chi connectivity index (χ4v) is 3.17. The third-order valence-corrected chi connectivity index (χ3v) is 4.38. The van der Waals surface area contributed by atoms with E-state index in [-0.39, 0.29) is 0 Å². The highest BCUT2D eigenvalue weighted by Gasteiger charge is 2.12. The molecule has 1 unspecified atom stereocenters. The maximum atomic E-state index is 2.31. The quantitative estimate of drug-likeness (QED) is 0.538. The average molecular weight is 274 g/mol. The first-order chi connectivity index (χ1) is 10.4. The summed E-state index contributed by atoms with van der Waals surface area (Å²) in [6.45, 7) is 2.30. The first-order valence-corrected chi connectivity index (χ1v) is 7.90. The second kappa shape index (κ2) is 6.58. The van der Waals surface area contributed by atoms with E-state index >= 15 is 0 Å². The summed E-state index contributed by atoms with van der Waals surface area (Å²) in [7, 11) is 0. The van der Waals surface area contributed by atoms with Crippen molar-refractivity contribution in [3.63, 3.8) is 0 Å². The summed E-state index contributed by atoms with van der Waals surface area (Å²) in [5.41, 5.74) is 2.95. The van der Waals surface area contributed by atoms with E-state index in [0.717, 1.165) is 6.42 Å². The van der Waals surface area contributed by atoms with Crippen molar-refractivity contribution in [2.45, 2.75) is 32.1 Å². The lowest BCUT2D eigenvalue weighted by molar-refractivity contribution is 0.610. The Bertz CT molecular complexity index is 692. The van der Waals surface area contributed by atoms with Crippen LogP contribution in [0.15, 0.2) is 72.8 Å².